The fraction of sp³-hybridized carbons (Fsp3) is 0.567. The SMILES string of the molecule is C=CCCOC(=O)[C@H]1[C@H]2C(=O)N([C@@H](CO)CC(C)C)C(C(=O)N(CC=C)Cc3ccccc3)C23CC(Br)[C@@H]1S3. The van der Waals surface area contributed by atoms with Gasteiger partial charge in [-0.2, -0.15) is 0 Å². The summed E-state index contributed by atoms with van der Waals surface area (Å²) >= 11 is 5.37. The molecule has 3 aliphatic heterocycles. The van der Waals surface area contributed by atoms with Crippen LogP contribution >= 0.6 is 27.7 Å². The lowest BCUT2D eigenvalue weighted by Gasteiger charge is -2.40. The molecule has 1 N–H and O–H groups in total. The number of fused-ring (bicyclic) bond motifs is 1. The van der Waals surface area contributed by atoms with Crippen molar-refractivity contribution >= 4 is 45.5 Å². The summed E-state index contributed by atoms with van der Waals surface area (Å²) in [4.78, 5) is 45.6. The minimum absolute atomic E-state index is 0.0431. The topological polar surface area (TPSA) is 87.1 Å². The molecule has 0 radical (unpaired) electrons. The molecule has 1 aromatic rings. The number of benzene rings is 1. The maximum atomic E-state index is 14.6. The molecule has 3 aliphatic rings. The average Bonchev–Trinajstić information content (AvgIpc) is 3.50. The quantitative estimate of drug-likeness (QED) is 0.154. The van der Waals surface area contributed by atoms with Gasteiger partial charge in [0, 0.05) is 23.2 Å². The number of carbonyl (C=O) groups is 3. The van der Waals surface area contributed by atoms with Crippen LogP contribution < -0.4 is 0 Å². The van der Waals surface area contributed by atoms with Crippen LogP contribution in [0.5, 0.6) is 0 Å². The van der Waals surface area contributed by atoms with Crippen molar-refractivity contribution in [3.63, 3.8) is 0 Å². The highest BCUT2D eigenvalue weighted by atomic mass is 79.9. The maximum Gasteiger partial charge on any atom is 0.310 e. The third kappa shape index (κ3) is 5.59. The van der Waals surface area contributed by atoms with E-state index in [1.54, 1.807) is 33.7 Å². The van der Waals surface area contributed by atoms with Gasteiger partial charge in [0.05, 0.1) is 35.8 Å². The molecule has 7 atom stereocenters. The Kier molecular flexibility index (Phi) is 9.65. The molecule has 1 spiro atoms. The highest BCUT2D eigenvalue weighted by Gasteiger charge is 2.76. The van der Waals surface area contributed by atoms with Crippen molar-refractivity contribution in [2.45, 2.75) is 66.6 Å². The summed E-state index contributed by atoms with van der Waals surface area (Å²) in [5.74, 6) is -1.95. The third-order valence-electron chi connectivity index (χ3n) is 8.02. The van der Waals surface area contributed by atoms with E-state index in [1.807, 2.05) is 44.2 Å². The van der Waals surface area contributed by atoms with Crippen molar-refractivity contribution in [2.24, 2.45) is 17.8 Å². The fourth-order valence-electron chi connectivity index (χ4n) is 6.53. The number of aliphatic hydroxyl groups is 1. The van der Waals surface area contributed by atoms with Crippen LogP contribution in [0.4, 0.5) is 0 Å². The molecule has 3 heterocycles. The Morgan fingerprint density at radius 2 is 2.00 bits per heavy atom. The largest absolute Gasteiger partial charge is 0.465 e. The van der Waals surface area contributed by atoms with Crippen LogP contribution in [-0.4, -0.2) is 79.4 Å². The van der Waals surface area contributed by atoms with Crippen LogP contribution in [0, 0.1) is 17.8 Å². The van der Waals surface area contributed by atoms with Crippen LogP contribution in [0.3, 0.4) is 0 Å². The lowest BCUT2D eigenvalue weighted by atomic mass is 9.71. The Morgan fingerprint density at radius 1 is 1.28 bits per heavy atom. The van der Waals surface area contributed by atoms with Gasteiger partial charge >= 0.3 is 5.97 Å². The molecule has 9 heteroatoms. The molecule has 0 aromatic heterocycles. The Morgan fingerprint density at radius 3 is 2.62 bits per heavy atom. The summed E-state index contributed by atoms with van der Waals surface area (Å²) in [6.07, 6.45) is 5.04. The van der Waals surface area contributed by atoms with Crippen LogP contribution in [0.1, 0.15) is 38.7 Å². The number of ether oxygens (including phenoxy) is 1. The molecular weight excluding hydrogens is 580 g/mol. The number of nitrogens with zero attached hydrogens (tertiary/aromatic N) is 2. The summed E-state index contributed by atoms with van der Waals surface area (Å²) in [6, 6.07) is 8.40. The van der Waals surface area contributed by atoms with Gasteiger partial charge in [0.1, 0.15) is 6.04 Å². The van der Waals surface area contributed by atoms with Crippen molar-refractivity contribution in [2.75, 3.05) is 19.8 Å². The van der Waals surface area contributed by atoms with E-state index in [2.05, 4.69) is 29.1 Å². The van der Waals surface area contributed by atoms with Crippen molar-refractivity contribution < 1.29 is 24.2 Å². The van der Waals surface area contributed by atoms with E-state index in [0.717, 1.165) is 5.56 Å². The molecular formula is C30H39BrN2O5S. The number of carbonyl (C=O) groups excluding carboxylic acids is 3. The number of hydrogen-bond acceptors (Lipinski definition) is 6. The molecule has 0 saturated carbocycles. The zero-order valence-corrected chi connectivity index (χ0v) is 25.1. The standard InChI is InChI=1S/C30H39BrN2O5S/c1-5-7-14-38-29(37)23-24-27(35)33(21(18-34)15-19(3)4)26(30(24)16-22(31)25(23)39-30)28(36)32(13-6-2)17-20-11-9-8-10-12-20/h5-6,8-12,19,21-26,34H,1-2,7,13-18H2,3-4H3/t21-,22?,23+,24+,25+,26?,30?/m1/s1. The van der Waals surface area contributed by atoms with E-state index >= 15 is 0 Å². The maximum absolute atomic E-state index is 14.6. The van der Waals surface area contributed by atoms with Crippen molar-refractivity contribution in [1.29, 1.82) is 0 Å². The molecule has 4 rings (SSSR count). The summed E-state index contributed by atoms with van der Waals surface area (Å²) < 4.78 is 4.80. The Bertz CT molecular complexity index is 1080. The number of hydrogen-bond donors (Lipinski definition) is 1. The second kappa shape index (κ2) is 12.6. The molecule has 39 heavy (non-hydrogen) atoms. The van der Waals surface area contributed by atoms with E-state index < -0.39 is 34.6 Å². The molecule has 212 valence electrons. The number of alkyl halides is 1. The molecule has 1 aromatic carbocycles. The zero-order chi connectivity index (χ0) is 28.3. The zero-order valence-electron chi connectivity index (χ0n) is 22.7. The van der Waals surface area contributed by atoms with E-state index in [1.165, 1.54) is 0 Å². The molecule has 7 nitrogen and oxygen atoms in total. The first kappa shape index (κ1) is 29.9. The van der Waals surface area contributed by atoms with E-state index in [-0.39, 0.29) is 41.0 Å². The number of halogens is 1. The van der Waals surface area contributed by atoms with Crippen LogP contribution in [-0.2, 0) is 25.7 Å². The Labute approximate surface area is 244 Å². The minimum atomic E-state index is -0.810. The number of thioether (sulfide) groups is 1. The third-order valence-corrected chi connectivity index (χ3v) is 11.2. The molecule has 3 saturated heterocycles. The van der Waals surface area contributed by atoms with Gasteiger partial charge in [-0.15, -0.1) is 24.9 Å². The molecule has 0 aliphatic carbocycles. The molecule has 2 amide bonds. The summed E-state index contributed by atoms with van der Waals surface area (Å²) in [6.45, 7) is 12.3. The van der Waals surface area contributed by atoms with Crippen LogP contribution in [0.25, 0.3) is 0 Å². The van der Waals surface area contributed by atoms with Gasteiger partial charge in [-0.25, -0.2) is 0 Å². The fourth-order valence-corrected chi connectivity index (χ4v) is 10.1. The van der Waals surface area contributed by atoms with Gasteiger partial charge in [-0.1, -0.05) is 72.3 Å². The van der Waals surface area contributed by atoms with E-state index in [9.17, 15) is 19.5 Å². The molecule has 2 bridgehead atoms. The van der Waals surface area contributed by atoms with Gasteiger partial charge < -0.3 is 19.6 Å². The minimum Gasteiger partial charge on any atom is -0.465 e. The van der Waals surface area contributed by atoms with E-state index in [0.29, 0.717) is 32.4 Å². The number of aliphatic hydroxyl groups excluding tert-OH is 1. The van der Waals surface area contributed by atoms with Crippen LogP contribution in [0.2, 0.25) is 0 Å². The van der Waals surface area contributed by atoms with Gasteiger partial charge in [-0.3, -0.25) is 14.4 Å². The summed E-state index contributed by atoms with van der Waals surface area (Å²) in [7, 11) is 0. The van der Waals surface area contributed by atoms with Gasteiger partial charge in [0.15, 0.2) is 0 Å². The first-order valence-corrected chi connectivity index (χ1v) is 15.5. The average molecular weight is 620 g/mol. The number of amides is 2. The van der Waals surface area contributed by atoms with Gasteiger partial charge in [-0.05, 0) is 30.7 Å². The lowest BCUT2D eigenvalue weighted by molar-refractivity contribution is -0.154. The lowest BCUT2D eigenvalue weighted by Crippen LogP contribution is -2.57. The van der Waals surface area contributed by atoms with Crippen molar-refractivity contribution in [1.82, 2.24) is 9.80 Å². The van der Waals surface area contributed by atoms with Gasteiger partial charge in [0.25, 0.3) is 0 Å². The predicted octanol–water partition coefficient (Wildman–Crippen LogP) is 4.19. The predicted molar refractivity (Wildman–Crippen MR) is 157 cm³/mol. The second-order valence-electron chi connectivity index (χ2n) is 11.1. The first-order valence-electron chi connectivity index (χ1n) is 13.7. The molecule has 3 fully saturated rings. The first-order chi connectivity index (χ1) is 18.7. The normalized spacial score (nSPS) is 29.8. The van der Waals surface area contributed by atoms with Crippen molar-refractivity contribution in [3.05, 3.63) is 61.2 Å². The van der Waals surface area contributed by atoms with E-state index in [4.69, 9.17) is 4.74 Å². The number of likely N-dealkylation sites (tertiary alicyclic amines) is 1. The Hall–Kier alpha value is -2.10. The van der Waals surface area contributed by atoms with Crippen LogP contribution in [0.15, 0.2) is 55.6 Å². The monoisotopic (exact) mass is 618 g/mol. The van der Waals surface area contributed by atoms with Crippen molar-refractivity contribution in [3.8, 4) is 0 Å². The smallest absolute Gasteiger partial charge is 0.310 e. The van der Waals surface area contributed by atoms with Gasteiger partial charge in [0.2, 0.25) is 11.8 Å². The Balaban J connectivity index is 1.77. The second-order valence-corrected chi connectivity index (χ2v) is 13.8. The highest BCUT2D eigenvalue weighted by molar-refractivity contribution is 9.09. The molecule has 3 unspecified atom stereocenters. The number of rotatable bonds is 13. The number of esters is 1. The summed E-state index contributed by atoms with van der Waals surface area (Å²) in [5.41, 5.74) is 0.976. The highest BCUT2D eigenvalue weighted by Crippen LogP contribution is 2.68. The summed E-state index contributed by atoms with van der Waals surface area (Å²) in [5, 5.41) is 10.3.